The molecule has 2 unspecified atom stereocenters. The van der Waals surface area contributed by atoms with E-state index in [-0.39, 0.29) is 18.0 Å². The van der Waals surface area contributed by atoms with E-state index in [2.05, 4.69) is 10.2 Å². The summed E-state index contributed by atoms with van der Waals surface area (Å²) < 4.78 is 11.2. The van der Waals surface area contributed by atoms with Crippen molar-refractivity contribution in [2.75, 3.05) is 26.7 Å². The highest BCUT2D eigenvalue weighted by Gasteiger charge is 2.35. The highest BCUT2D eigenvalue weighted by atomic mass is 16.6. The van der Waals surface area contributed by atoms with Gasteiger partial charge in [0.1, 0.15) is 10.7 Å². The average Bonchev–Trinajstić information content (AvgIpc) is 3.12. The van der Waals surface area contributed by atoms with Crippen LogP contribution in [-0.4, -0.2) is 48.7 Å². The van der Waals surface area contributed by atoms with Gasteiger partial charge in [-0.3, -0.25) is 15.0 Å². The lowest BCUT2D eigenvalue weighted by Crippen LogP contribution is -2.47. The first-order valence-electron chi connectivity index (χ1n) is 6.94. The molecule has 110 valence electrons. The van der Waals surface area contributed by atoms with Crippen molar-refractivity contribution in [3.63, 3.8) is 0 Å². The third-order valence-electron chi connectivity index (χ3n) is 3.87. The quantitative estimate of drug-likeness (QED) is 0.647. The zero-order valence-corrected chi connectivity index (χ0v) is 11.4. The molecule has 7 nitrogen and oxygen atoms in total. The number of furan rings is 1. The van der Waals surface area contributed by atoms with Gasteiger partial charge in [0.2, 0.25) is 0 Å². The minimum Gasteiger partial charge on any atom is -0.404 e. The average molecular weight is 281 g/mol. The topological polar surface area (TPSA) is 80.8 Å². The van der Waals surface area contributed by atoms with Crippen molar-refractivity contribution in [2.24, 2.45) is 0 Å². The summed E-state index contributed by atoms with van der Waals surface area (Å²) in [7, 11) is 1.99. The maximum atomic E-state index is 10.7. The van der Waals surface area contributed by atoms with E-state index in [4.69, 9.17) is 9.15 Å². The van der Waals surface area contributed by atoms with E-state index in [0.29, 0.717) is 18.4 Å². The fraction of sp³-hybridized carbons (Fsp3) is 0.692. The second-order valence-corrected chi connectivity index (χ2v) is 5.45. The standard InChI is InChI=1S/C13H19N3O4/c1-15-6-7-19-11(8-14-9-2-3-9)13(15)10-4-5-12(20-10)16(17)18/h4-5,9,11,13-14H,2-3,6-8H2,1H3. The minimum absolute atomic E-state index is 0.0416. The molecule has 1 aromatic rings. The molecular formula is C13H19N3O4. The van der Waals surface area contributed by atoms with Crippen LogP contribution in [0.2, 0.25) is 0 Å². The van der Waals surface area contributed by atoms with Crippen molar-refractivity contribution in [1.82, 2.24) is 10.2 Å². The van der Waals surface area contributed by atoms with E-state index in [1.807, 2.05) is 7.05 Å². The molecule has 0 amide bonds. The summed E-state index contributed by atoms with van der Waals surface area (Å²) in [6.07, 6.45) is 2.40. The van der Waals surface area contributed by atoms with Gasteiger partial charge in [0, 0.05) is 19.1 Å². The molecule has 2 atom stereocenters. The molecule has 3 rings (SSSR count). The number of nitrogens with zero attached hydrogens (tertiary/aromatic N) is 2. The number of hydrogen-bond acceptors (Lipinski definition) is 6. The van der Waals surface area contributed by atoms with E-state index >= 15 is 0 Å². The molecule has 2 heterocycles. The molecule has 2 aliphatic rings. The van der Waals surface area contributed by atoms with Crippen molar-refractivity contribution in [1.29, 1.82) is 0 Å². The van der Waals surface area contributed by atoms with Gasteiger partial charge < -0.3 is 14.5 Å². The summed E-state index contributed by atoms with van der Waals surface area (Å²) in [5.74, 6) is 0.384. The Morgan fingerprint density at radius 1 is 1.50 bits per heavy atom. The lowest BCUT2D eigenvalue weighted by molar-refractivity contribution is -0.402. The van der Waals surface area contributed by atoms with Gasteiger partial charge >= 0.3 is 5.88 Å². The van der Waals surface area contributed by atoms with Crippen LogP contribution in [-0.2, 0) is 4.74 Å². The molecule has 7 heteroatoms. The Kier molecular flexibility index (Phi) is 3.73. The molecule has 2 fully saturated rings. The number of rotatable bonds is 5. The fourth-order valence-corrected chi connectivity index (χ4v) is 2.60. The molecule has 1 saturated heterocycles. The van der Waals surface area contributed by atoms with Crippen LogP contribution in [0.4, 0.5) is 5.88 Å². The van der Waals surface area contributed by atoms with Crippen LogP contribution in [0.3, 0.4) is 0 Å². The SMILES string of the molecule is CN1CCOC(CNC2CC2)C1c1ccc([N+](=O)[O-])o1. The van der Waals surface area contributed by atoms with Crippen molar-refractivity contribution >= 4 is 5.88 Å². The summed E-state index contributed by atoms with van der Waals surface area (Å²) in [4.78, 5) is 12.4. The van der Waals surface area contributed by atoms with Gasteiger partial charge in [-0.2, -0.15) is 0 Å². The monoisotopic (exact) mass is 281 g/mol. The van der Waals surface area contributed by atoms with Gasteiger partial charge in [-0.1, -0.05) is 0 Å². The predicted octanol–water partition coefficient (Wildman–Crippen LogP) is 1.31. The number of morpholine rings is 1. The van der Waals surface area contributed by atoms with Crippen molar-refractivity contribution in [3.8, 4) is 0 Å². The largest absolute Gasteiger partial charge is 0.433 e. The molecule has 1 saturated carbocycles. The molecule has 1 aliphatic heterocycles. The Hall–Kier alpha value is -1.44. The second kappa shape index (κ2) is 5.51. The van der Waals surface area contributed by atoms with Gasteiger partial charge in [-0.25, -0.2) is 0 Å². The molecule has 1 aromatic heterocycles. The Morgan fingerprint density at radius 3 is 2.95 bits per heavy atom. The van der Waals surface area contributed by atoms with Crippen molar-refractivity contribution < 1.29 is 14.1 Å². The molecular weight excluding hydrogens is 262 g/mol. The Balaban J connectivity index is 1.74. The van der Waals surface area contributed by atoms with Crippen LogP contribution >= 0.6 is 0 Å². The third kappa shape index (κ3) is 2.84. The van der Waals surface area contributed by atoms with Gasteiger partial charge in [-0.15, -0.1) is 0 Å². The van der Waals surface area contributed by atoms with Crippen molar-refractivity contribution in [2.45, 2.75) is 31.0 Å². The number of ether oxygens (including phenoxy) is 1. The number of hydrogen-bond donors (Lipinski definition) is 1. The zero-order valence-electron chi connectivity index (χ0n) is 11.4. The maximum absolute atomic E-state index is 10.7. The lowest BCUT2D eigenvalue weighted by atomic mass is 10.0. The van der Waals surface area contributed by atoms with E-state index in [0.717, 1.165) is 13.1 Å². The molecule has 1 N–H and O–H groups in total. The van der Waals surface area contributed by atoms with Crippen molar-refractivity contribution in [3.05, 3.63) is 28.0 Å². The summed E-state index contributed by atoms with van der Waals surface area (Å²) >= 11 is 0. The Labute approximate surface area is 117 Å². The smallest absolute Gasteiger partial charge is 0.404 e. The van der Waals surface area contributed by atoms with Gasteiger partial charge in [-0.05, 0) is 26.0 Å². The molecule has 0 bridgehead atoms. The second-order valence-electron chi connectivity index (χ2n) is 5.45. The summed E-state index contributed by atoms with van der Waals surface area (Å²) in [6.45, 7) is 2.21. The number of nitro groups is 1. The van der Waals surface area contributed by atoms with Gasteiger partial charge in [0.25, 0.3) is 0 Å². The minimum atomic E-state index is -0.509. The van der Waals surface area contributed by atoms with Crippen LogP contribution in [0.25, 0.3) is 0 Å². The Bertz CT molecular complexity index is 486. The molecule has 0 radical (unpaired) electrons. The van der Waals surface area contributed by atoms with Gasteiger partial charge in [0.15, 0.2) is 0 Å². The summed E-state index contributed by atoms with van der Waals surface area (Å²) in [6, 6.07) is 3.61. The van der Waals surface area contributed by atoms with Crippen LogP contribution in [0, 0.1) is 10.1 Å². The van der Waals surface area contributed by atoms with E-state index < -0.39 is 4.92 Å². The fourth-order valence-electron chi connectivity index (χ4n) is 2.60. The third-order valence-corrected chi connectivity index (χ3v) is 3.87. The number of likely N-dealkylation sites (N-methyl/N-ethyl adjacent to an activating group) is 1. The van der Waals surface area contributed by atoms with E-state index in [9.17, 15) is 10.1 Å². The molecule has 0 spiro atoms. The Morgan fingerprint density at radius 2 is 2.30 bits per heavy atom. The lowest BCUT2D eigenvalue weighted by Gasteiger charge is -2.37. The van der Waals surface area contributed by atoms with Crippen LogP contribution in [0.1, 0.15) is 24.6 Å². The predicted molar refractivity (Wildman–Crippen MR) is 71.5 cm³/mol. The van der Waals surface area contributed by atoms with Crippen LogP contribution in [0.15, 0.2) is 16.5 Å². The van der Waals surface area contributed by atoms with Crippen LogP contribution in [0.5, 0.6) is 0 Å². The first kappa shape index (κ1) is 13.5. The number of nitrogens with one attached hydrogen (secondary N) is 1. The summed E-state index contributed by atoms with van der Waals surface area (Å²) in [5, 5.41) is 14.2. The van der Waals surface area contributed by atoms with E-state index in [1.54, 1.807) is 6.07 Å². The highest BCUT2D eigenvalue weighted by molar-refractivity contribution is 5.21. The molecule has 0 aromatic carbocycles. The molecule has 1 aliphatic carbocycles. The van der Waals surface area contributed by atoms with Gasteiger partial charge in [0.05, 0.1) is 24.8 Å². The first-order chi connectivity index (χ1) is 9.65. The molecule has 20 heavy (non-hydrogen) atoms. The maximum Gasteiger partial charge on any atom is 0.433 e. The summed E-state index contributed by atoms with van der Waals surface area (Å²) in [5.41, 5.74) is 0. The van der Waals surface area contributed by atoms with E-state index in [1.165, 1.54) is 18.9 Å². The zero-order chi connectivity index (χ0) is 14.1. The van der Waals surface area contributed by atoms with Crippen LogP contribution < -0.4 is 5.32 Å². The highest BCUT2D eigenvalue weighted by Crippen LogP contribution is 2.32. The first-order valence-corrected chi connectivity index (χ1v) is 6.94. The normalized spacial score (nSPS) is 27.6.